The molecule has 1 aliphatic heterocycles. The van der Waals surface area contributed by atoms with E-state index in [0.29, 0.717) is 23.9 Å². The van der Waals surface area contributed by atoms with Crippen molar-refractivity contribution >= 4 is 17.3 Å². The van der Waals surface area contributed by atoms with Gasteiger partial charge in [-0.1, -0.05) is 0 Å². The van der Waals surface area contributed by atoms with Gasteiger partial charge in [-0.15, -0.1) is 0 Å². The van der Waals surface area contributed by atoms with Crippen LogP contribution in [0.25, 0.3) is 0 Å². The summed E-state index contributed by atoms with van der Waals surface area (Å²) >= 11 is 0. The maximum atomic E-state index is 12.1. The first-order valence-corrected chi connectivity index (χ1v) is 7.04. The van der Waals surface area contributed by atoms with E-state index in [1.54, 1.807) is 6.07 Å². The number of likely N-dealkylation sites (N-methyl/N-ethyl adjacent to an activating group) is 1. The monoisotopic (exact) mass is 277 g/mol. The van der Waals surface area contributed by atoms with Gasteiger partial charge in [0, 0.05) is 31.4 Å². The number of anilines is 2. The molecule has 1 saturated heterocycles. The molecule has 110 valence electrons. The van der Waals surface area contributed by atoms with Crippen LogP contribution in [0.5, 0.6) is 0 Å². The van der Waals surface area contributed by atoms with Gasteiger partial charge < -0.3 is 20.3 Å². The van der Waals surface area contributed by atoms with Crippen molar-refractivity contribution in [1.82, 2.24) is 4.90 Å². The first kappa shape index (κ1) is 14.7. The Labute approximate surface area is 120 Å². The zero-order valence-corrected chi connectivity index (χ0v) is 12.4. The van der Waals surface area contributed by atoms with Crippen molar-refractivity contribution in [1.29, 1.82) is 0 Å². The van der Waals surface area contributed by atoms with Crippen LogP contribution in [0.15, 0.2) is 18.2 Å². The third-order valence-corrected chi connectivity index (χ3v) is 3.66. The zero-order valence-electron chi connectivity index (χ0n) is 12.4. The topological polar surface area (TPSA) is 58.8 Å². The SMILES string of the molecule is CCOC(=O)c1cc(N)ccc1N1CCN(C)CC1C. The Morgan fingerprint density at radius 1 is 1.45 bits per heavy atom. The van der Waals surface area contributed by atoms with Crippen molar-refractivity contribution in [2.75, 3.05) is 43.9 Å². The number of nitrogens with zero attached hydrogens (tertiary/aromatic N) is 2. The number of esters is 1. The van der Waals surface area contributed by atoms with E-state index in [4.69, 9.17) is 10.5 Å². The second-order valence-corrected chi connectivity index (χ2v) is 5.30. The van der Waals surface area contributed by atoms with Crippen molar-refractivity contribution in [3.05, 3.63) is 23.8 Å². The van der Waals surface area contributed by atoms with Gasteiger partial charge in [0.25, 0.3) is 0 Å². The number of nitrogen functional groups attached to an aromatic ring is 1. The molecule has 1 aromatic rings. The Bertz CT molecular complexity index is 490. The Morgan fingerprint density at radius 3 is 2.85 bits per heavy atom. The maximum absolute atomic E-state index is 12.1. The Hall–Kier alpha value is -1.75. The van der Waals surface area contributed by atoms with E-state index in [2.05, 4.69) is 23.8 Å². The van der Waals surface area contributed by atoms with Gasteiger partial charge in [0.1, 0.15) is 0 Å². The number of carbonyl (C=O) groups is 1. The van der Waals surface area contributed by atoms with Crippen LogP contribution in [-0.2, 0) is 4.74 Å². The van der Waals surface area contributed by atoms with Gasteiger partial charge in [0.15, 0.2) is 0 Å². The summed E-state index contributed by atoms with van der Waals surface area (Å²) in [6, 6.07) is 5.82. The molecule has 1 aliphatic rings. The molecule has 1 fully saturated rings. The quantitative estimate of drug-likeness (QED) is 0.671. The van der Waals surface area contributed by atoms with Gasteiger partial charge in [0.2, 0.25) is 0 Å². The number of ether oxygens (including phenoxy) is 1. The van der Waals surface area contributed by atoms with E-state index in [0.717, 1.165) is 25.3 Å². The third kappa shape index (κ3) is 3.04. The predicted molar refractivity (Wildman–Crippen MR) is 81.1 cm³/mol. The standard InChI is InChI=1S/C15H23N3O2/c1-4-20-15(19)13-9-12(16)5-6-14(13)18-8-7-17(3)10-11(18)2/h5-6,9,11H,4,7-8,10,16H2,1-3H3. The minimum Gasteiger partial charge on any atom is -0.462 e. The second kappa shape index (κ2) is 6.13. The molecule has 0 saturated carbocycles. The molecule has 0 spiro atoms. The molecular weight excluding hydrogens is 254 g/mol. The highest BCUT2D eigenvalue weighted by molar-refractivity contribution is 5.97. The summed E-state index contributed by atoms with van der Waals surface area (Å²) in [5.74, 6) is -0.305. The number of rotatable bonds is 3. The lowest BCUT2D eigenvalue weighted by molar-refractivity contribution is 0.0527. The van der Waals surface area contributed by atoms with Crippen molar-refractivity contribution in [3.8, 4) is 0 Å². The number of hydrogen-bond acceptors (Lipinski definition) is 5. The molecule has 1 aromatic carbocycles. The summed E-state index contributed by atoms with van der Waals surface area (Å²) in [5, 5.41) is 0. The smallest absolute Gasteiger partial charge is 0.340 e. The molecule has 2 N–H and O–H groups in total. The lowest BCUT2D eigenvalue weighted by atomic mass is 10.1. The fourth-order valence-corrected chi connectivity index (χ4v) is 2.67. The molecule has 5 nitrogen and oxygen atoms in total. The van der Waals surface area contributed by atoms with Crippen LogP contribution in [0.2, 0.25) is 0 Å². The average Bonchev–Trinajstić information content (AvgIpc) is 2.39. The third-order valence-electron chi connectivity index (χ3n) is 3.66. The summed E-state index contributed by atoms with van der Waals surface area (Å²) in [7, 11) is 2.11. The van der Waals surface area contributed by atoms with E-state index < -0.39 is 0 Å². The van der Waals surface area contributed by atoms with Crippen LogP contribution in [0.1, 0.15) is 24.2 Å². The number of benzene rings is 1. The minimum absolute atomic E-state index is 0.305. The highest BCUT2D eigenvalue weighted by atomic mass is 16.5. The van der Waals surface area contributed by atoms with Crippen molar-refractivity contribution in [2.24, 2.45) is 0 Å². The molecule has 20 heavy (non-hydrogen) atoms. The maximum Gasteiger partial charge on any atom is 0.340 e. The molecule has 0 radical (unpaired) electrons. The molecule has 1 atom stereocenters. The van der Waals surface area contributed by atoms with Gasteiger partial charge >= 0.3 is 5.97 Å². The average molecular weight is 277 g/mol. The first-order valence-electron chi connectivity index (χ1n) is 7.04. The second-order valence-electron chi connectivity index (χ2n) is 5.30. The van der Waals surface area contributed by atoms with Gasteiger partial charge in [-0.25, -0.2) is 4.79 Å². The summed E-state index contributed by atoms with van der Waals surface area (Å²) in [5.41, 5.74) is 7.87. The lowest BCUT2D eigenvalue weighted by Crippen LogP contribution is -2.51. The molecule has 2 rings (SSSR count). The largest absolute Gasteiger partial charge is 0.462 e. The fraction of sp³-hybridized carbons (Fsp3) is 0.533. The van der Waals surface area contributed by atoms with E-state index in [9.17, 15) is 4.79 Å². The molecule has 1 unspecified atom stereocenters. The van der Waals surface area contributed by atoms with E-state index in [1.807, 2.05) is 19.1 Å². The molecule has 1 heterocycles. The molecule has 0 amide bonds. The molecule has 0 bridgehead atoms. The Balaban J connectivity index is 2.33. The number of carbonyl (C=O) groups excluding carboxylic acids is 1. The van der Waals surface area contributed by atoms with Gasteiger partial charge in [-0.05, 0) is 39.1 Å². The van der Waals surface area contributed by atoms with Gasteiger partial charge in [-0.2, -0.15) is 0 Å². The van der Waals surface area contributed by atoms with Crippen LogP contribution in [0.4, 0.5) is 11.4 Å². The van der Waals surface area contributed by atoms with Crippen LogP contribution in [0.3, 0.4) is 0 Å². The van der Waals surface area contributed by atoms with Gasteiger partial charge in [-0.3, -0.25) is 0 Å². The highest BCUT2D eigenvalue weighted by Crippen LogP contribution is 2.27. The Kier molecular flexibility index (Phi) is 4.49. The highest BCUT2D eigenvalue weighted by Gasteiger charge is 2.25. The van der Waals surface area contributed by atoms with Crippen LogP contribution < -0.4 is 10.6 Å². The van der Waals surface area contributed by atoms with Crippen molar-refractivity contribution < 1.29 is 9.53 Å². The van der Waals surface area contributed by atoms with E-state index in [-0.39, 0.29) is 5.97 Å². The number of nitrogens with two attached hydrogens (primary N) is 1. The van der Waals surface area contributed by atoms with Crippen molar-refractivity contribution in [2.45, 2.75) is 19.9 Å². The summed E-state index contributed by atoms with van der Waals surface area (Å²) in [6.45, 7) is 7.20. The zero-order chi connectivity index (χ0) is 14.7. The minimum atomic E-state index is -0.305. The van der Waals surface area contributed by atoms with Crippen LogP contribution in [-0.4, -0.2) is 50.2 Å². The summed E-state index contributed by atoms with van der Waals surface area (Å²) in [6.07, 6.45) is 0. The normalized spacial score (nSPS) is 19.9. The van der Waals surface area contributed by atoms with E-state index in [1.165, 1.54) is 0 Å². The summed E-state index contributed by atoms with van der Waals surface area (Å²) < 4.78 is 5.14. The van der Waals surface area contributed by atoms with Crippen molar-refractivity contribution in [3.63, 3.8) is 0 Å². The Morgan fingerprint density at radius 2 is 2.20 bits per heavy atom. The predicted octanol–water partition coefficient (Wildman–Crippen LogP) is 1.59. The number of piperazine rings is 1. The first-order chi connectivity index (χ1) is 9.52. The summed E-state index contributed by atoms with van der Waals surface area (Å²) in [4.78, 5) is 16.7. The molecular formula is C15H23N3O2. The van der Waals surface area contributed by atoms with Crippen LogP contribution in [0, 0.1) is 0 Å². The van der Waals surface area contributed by atoms with Crippen LogP contribution >= 0.6 is 0 Å². The lowest BCUT2D eigenvalue weighted by Gasteiger charge is -2.40. The number of hydrogen-bond donors (Lipinski definition) is 1. The van der Waals surface area contributed by atoms with E-state index >= 15 is 0 Å². The molecule has 0 aromatic heterocycles. The molecule has 0 aliphatic carbocycles. The molecule has 5 heteroatoms. The van der Waals surface area contributed by atoms with Gasteiger partial charge in [0.05, 0.1) is 17.9 Å². The fourth-order valence-electron chi connectivity index (χ4n) is 2.67.